The van der Waals surface area contributed by atoms with Gasteiger partial charge in [-0.05, 0) is 31.2 Å². The molecule has 1 heterocycles. The van der Waals surface area contributed by atoms with E-state index in [1.165, 1.54) is 0 Å². The number of carbonyl (C=O) groups excluding carboxylic acids is 1. The van der Waals surface area contributed by atoms with Gasteiger partial charge in [0.2, 0.25) is 0 Å². The van der Waals surface area contributed by atoms with Crippen LogP contribution in [0.3, 0.4) is 0 Å². The van der Waals surface area contributed by atoms with E-state index in [9.17, 15) is 10.1 Å². The maximum atomic E-state index is 12.2. The topological polar surface area (TPSA) is 59.4 Å². The molecule has 3 rings (SSSR count). The molecule has 1 aliphatic heterocycles. The second kappa shape index (κ2) is 7.82. The Morgan fingerprint density at radius 2 is 1.76 bits per heavy atom. The number of nitriles is 1. The molecule has 2 aromatic carbocycles. The van der Waals surface area contributed by atoms with Crippen molar-refractivity contribution < 1.29 is 4.79 Å². The van der Waals surface area contributed by atoms with Crippen LogP contribution >= 0.6 is 0 Å². The number of nitrogens with zero attached hydrogens (tertiary/aromatic N) is 3. The fraction of sp³-hybridized carbons (Fsp3) is 0.300. The van der Waals surface area contributed by atoms with Gasteiger partial charge >= 0.3 is 0 Å². The smallest absolute Gasteiger partial charge is 0.252 e. The molecule has 1 amide bonds. The summed E-state index contributed by atoms with van der Waals surface area (Å²) in [4.78, 5) is 16.6. The monoisotopic (exact) mass is 334 g/mol. The zero-order chi connectivity index (χ0) is 17.6. The van der Waals surface area contributed by atoms with Gasteiger partial charge in [-0.1, -0.05) is 29.8 Å². The van der Waals surface area contributed by atoms with Gasteiger partial charge < -0.3 is 10.2 Å². The second-order valence-electron chi connectivity index (χ2n) is 6.26. The van der Waals surface area contributed by atoms with Gasteiger partial charge in [-0.2, -0.15) is 5.26 Å². The highest BCUT2D eigenvalue weighted by Crippen LogP contribution is 2.20. The van der Waals surface area contributed by atoms with Gasteiger partial charge in [0.1, 0.15) is 6.07 Å². The van der Waals surface area contributed by atoms with Crippen LogP contribution in [0.2, 0.25) is 0 Å². The van der Waals surface area contributed by atoms with E-state index in [2.05, 4.69) is 21.2 Å². The molecule has 2 aromatic rings. The lowest BCUT2D eigenvalue weighted by Gasteiger charge is -2.36. The van der Waals surface area contributed by atoms with E-state index < -0.39 is 0 Å². The average Bonchev–Trinajstić information content (AvgIpc) is 2.67. The first-order chi connectivity index (χ1) is 12.2. The van der Waals surface area contributed by atoms with Crippen LogP contribution in [0.25, 0.3) is 0 Å². The molecule has 0 aliphatic carbocycles. The van der Waals surface area contributed by atoms with Crippen molar-refractivity contribution >= 4 is 11.6 Å². The van der Waals surface area contributed by atoms with Gasteiger partial charge in [0.05, 0.1) is 17.9 Å². The molecule has 25 heavy (non-hydrogen) atoms. The highest BCUT2D eigenvalue weighted by atomic mass is 16.1. The zero-order valence-electron chi connectivity index (χ0n) is 14.4. The van der Waals surface area contributed by atoms with Crippen molar-refractivity contribution in [3.05, 3.63) is 65.2 Å². The van der Waals surface area contributed by atoms with Gasteiger partial charge in [-0.3, -0.25) is 9.69 Å². The molecule has 5 heteroatoms. The van der Waals surface area contributed by atoms with E-state index in [1.807, 2.05) is 55.5 Å². The zero-order valence-corrected chi connectivity index (χ0v) is 14.4. The van der Waals surface area contributed by atoms with E-state index in [0.29, 0.717) is 17.8 Å². The summed E-state index contributed by atoms with van der Waals surface area (Å²) in [5, 5.41) is 12.2. The number of para-hydroxylation sites is 1. The molecule has 0 unspecified atom stereocenters. The number of aryl methyl sites for hydroxylation is 1. The summed E-state index contributed by atoms with van der Waals surface area (Å²) in [6.07, 6.45) is 0. The minimum atomic E-state index is -0.0442. The summed E-state index contributed by atoms with van der Waals surface area (Å²) in [6, 6.07) is 17.5. The molecule has 0 spiro atoms. The van der Waals surface area contributed by atoms with Crippen molar-refractivity contribution in [2.24, 2.45) is 0 Å². The van der Waals surface area contributed by atoms with Gasteiger partial charge in [-0.15, -0.1) is 0 Å². The Kier molecular flexibility index (Phi) is 5.32. The molecule has 1 aliphatic rings. The summed E-state index contributed by atoms with van der Waals surface area (Å²) in [5.74, 6) is -0.0442. The Bertz CT molecular complexity index is 771. The number of hydrogen-bond acceptors (Lipinski definition) is 4. The highest BCUT2D eigenvalue weighted by Gasteiger charge is 2.19. The van der Waals surface area contributed by atoms with Crippen molar-refractivity contribution in [3.63, 3.8) is 0 Å². The van der Waals surface area contributed by atoms with Crippen LogP contribution in [-0.2, 0) is 0 Å². The van der Waals surface area contributed by atoms with E-state index in [1.54, 1.807) is 0 Å². The fourth-order valence-corrected chi connectivity index (χ4v) is 2.98. The van der Waals surface area contributed by atoms with E-state index in [0.717, 1.165) is 37.4 Å². The number of hydrogen-bond donors (Lipinski definition) is 1. The molecule has 0 atom stereocenters. The molecular weight excluding hydrogens is 312 g/mol. The molecule has 128 valence electrons. The van der Waals surface area contributed by atoms with E-state index in [4.69, 9.17) is 0 Å². The maximum Gasteiger partial charge on any atom is 0.252 e. The van der Waals surface area contributed by atoms with Gasteiger partial charge in [0.15, 0.2) is 0 Å². The van der Waals surface area contributed by atoms with Crippen LogP contribution in [-0.4, -0.2) is 43.7 Å². The van der Waals surface area contributed by atoms with Crippen LogP contribution in [0.15, 0.2) is 48.5 Å². The predicted molar refractivity (Wildman–Crippen MR) is 98.5 cm³/mol. The summed E-state index contributed by atoms with van der Waals surface area (Å²) in [5.41, 5.74) is 3.54. The Hall–Kier alpha value is -2.84. The number of carbonyl (C=O) groups is 1. The third-order valence-corrected chi connectivity index (χ3v) is 4.51. The lowest BCUT2D eigenvalue weighted by Crippen LogP contribution is -2.50. The number of benzene rings is 2. The van der Waals surface area contributed by atoms with Crippen molar-refractivity contribution in [3.8, 4) is 6.07 Å². The predicted octanol–water partition coefficient (Wildman–Crippen LogP) is 2.38. The first-order valence-electron chi connectivity index (χ1n) is 8.48. The summed E-state index contributed by atoms with van der Waals surface area (Å²) >= 11 is 0. The van der Waals surface area contributed by atoms with Crippen molar-refractivity contribution in [1.82, 2.24) is 10.2 Å². The molecule has 1 saturated heterocycles. The molecule has 0 aromatic heterocycles. The molecular formula is C20H22N4O. The summed E-state index contributed by atoms with van der Waals surface area (Å²) in [7, 11) is 0. The van der Waals surface area contributed by atoms with Gasteiger partial charge in [0, 0.05) is 31.7 Å². The number of amides is 1. The van der Waals surface area contributed by atoms with E-state index in [-0.39, 0.29) is 5.91 Å². The minimum Gasteiger partial charge on any atom is -0.368 e. The highest BCUT2D eigenvalue weighted by molar-refractivity contribution is 5.94. The molecule has 0 bridgehead atoms. The molecule has 0 saturated carbocycles. The minimum absolute atomic E-state index is 0.0442. The maximum absolute atomic E-state index is 12.2. The third kappa shape index (κ3) is 4.17. The number of piperazine rings is 1. The van der Waals surface area contributed by atoms with Crippen molar-refractivity contribution in [2.45, 2.75) is 6.92 Å². The number of nitrogens with one attached hydrogen (secondary N) is 1. The Balaban J connectivity index is 1.50. The Morgan fingerprint density at radius 3 is 2.44 bits per heavy atom. The summed E-state index contributed by atoms with van der Waals surface area (Å²) in [6.45, 7) is 5.95. The van der Waals surface area contributed by atoms with Crippen LogP contribution in [0.1, 0.15) is 21.5 Å². The van der Waals surface area contributed by atoms with Crippen LogP contribution in [0, 0.1) is 18.3 Å². The van der Waals surface area contributed by atoms with Gasteiger partial charge in [-0.25, -0.2) is 0 Å². The van der Waals surface area contributed by atoms with Crippen LogP contribution < -0.4 is 10.2 Å². The van der Waals surface area contributed by atoms with Gasteiger partial charge in [0.25, 0.3) is 5.91 Å². The first kappa shape index (κ1) is 17.0. The van der Waals surface area contributed by atoms with Crippen molar-refractivity contribution in [2.75, 3.05) is 37.7 Å². The lowest BCUT2D eigenvalue weighted by atomic mass is 10.1. The Morgan fingerprint density at radius 1 is 1.08 bits per heavy atom. The number of anilines is 1. The van der Waals surface area contributed by atoms with Crippen LogP contribution in [0.4, 0.5) is 5.69 Å². The summed E-state index contributed by atoms with van der Waals surface area (Å²) < 4.78 is 0. The molecule has 0 radical (unpaired) electrons. The standard InChI is InChI=1S/C20H22N4O/c1-16-6-8-17(9-7-16)20(25)22-15-23-10-12-24(13-11-23)19-5-3-2-4-18(19)14-21/h2-9H,10-13,15H2,1H3,(H,22,25). The third-order valence-electron chi connectivity index (χ3n) is 4.51. The SMILES string of the molecule is Cc1ccc(C(=O)NCN2CCN(c3ccccc3C#N)CC2)cc1. The normalized spacial score (nSPS) is 14.8. The average molecular weight is 334 g/mol. The van der Waals surface area contributed by atoms with Crippen LogP contribution in [0.5, 0.6) is 0 Å². The quantitative estimate of drug-likeness (QED) is 0.933. The Labute approximate surface area is 148 Å². The largest absolute Gasteiger partial charge is 0.368 e. The first-order valence-corrected chi connectivity index (χ1v) is 8.48. The molecule has 5 nitrogen and oxygen atoms in total. The lowest BCUT2D eigenvalue weighted by molar-refractivity contribution is 0.0920. The van der Waals surface area contributed by atoms with Crippen molar-refractivity contribution in [1.29, 1.82) is 5.26 Å². The van der Waals surface area contributed by atoms with E-state index >= 15 is 0 Å². The fourth-order valence-electron chi connectivity index (χ4n) is 2.98. The molecule has 1 N–H and O–H groups in total. The number of rotatable bonds is 4. The molecule has 1 fully saturated rings. The second-order valence-corrected chi connectivity index (χ2v) is 6.26.